The highest BCUT2D eigenvalue weighted by Gasteiger charge is 2.26. The fourth-order valence-corrected chi connectivity index (χ4v) is 3.58. The van der Waals surface area contributed by atoms with Crippen LogP contribution in [0.2, 0.25) is 0 Å². The van der Waals surface area contributed by atoms with Gasteiger partial charge >= 0.3 is 5.97 Å². The van der Waals surface area contributed by atoms with Gasteiger partial charge in [-0.05, 0) is 36.4 Å². The van der Waals surface area contributed by atoms with Crippen molar-refractivity contribution in [3.8, 4) is 0 Å². The number of aromatic carboxylic acids is 1. The molecule has 4 nitrogen and oxygen atoms in total. The summed E-state index contributed by atoms with van der Waals surface area (Å²) in [6, 6.07) is 3.99. The second-order valence-electron chi connectivity index (χ2n) is 4.76. The van der Waals surface area contributed by atoms with Crippen LogP contribution in [-0.4, -0.2) is 22.5 Å². The van der Waals surface area contributed by atoms with E-state index in [1.54, 1.807) is 11.3 Å². The Hall–Kier alpha value is -1.59. The molecule has 2 aromatic heterocycles. The van der Waals surface area contributed by atoms with Gasteiger partial charge in [-0.25, -0.2) is 4.79 Å². The van der Waals surface area contributed by atoms with Crippen molar-refractivity contribution in [1.29, 1.82) is 0 Å². The maximum Gasteiger partial charge on any atom is 0.339 e. The summed E-state index contributed by atoms with van der Waals surface area (Å²) in [5, 5.41) is 11.2. The summed E-state index contributed by atoms with van der Waals surface area (Å²) in [7, 11) is 0. The Balaban J connectivity index is 1.81. The topological polar surface area (TPSA) is 53.7 Å². The number of hydrogen-bond acceptors (Lipinski definition) is 4. The molecule has 100 valence electrons. The molecule has 2 aromatic rings. The number of thiophene rings is 1. The average Bonchev–Trinajstić information content (AvgIpc) is 3.01. The van der Waals surface area contributed by atoms with Crippen LogP contribution in [0.25, 0.3) is 0 Å². The van der Waals surface area contributed by atoms with Crippen LogP contribution >= 0.6 is 11.3 Å². The predicted molar refractivity (Wildman–Crippen MR) is 72.5 cm³/mol. The first-order chi connectivity index (χ1) is 9.16. The maximum atomic E-state index is 11.1. The first kappa shape index (κ1) is 12.4. The Labute approximate surface area is 115 Å². The smallest absolute Gasteiger partial charge is 0.339 e. The van der Waals surface area contributed by atoms with Crippen LogP contribution in [0.3, 0.4) is 0 Å². The molecule has 0 spiro atoms. The number of nitrogens with zero attached hydrogens (tertiary/aromatic N) is 1. The zero-order valence-corrected chi connectivity index (χ0v) is 11.4. The molecule has 19 heavy (non-hydrogen) atoms. The van der Waals surface area contributed by atoms with E-state index in [0.29, 0.717) is 18.3 Å². The van der Waals surface area contributed by atoms with Crippen molar-refractivity contribution in [2.24, 2.45) is 0 Å². The first-order valence-corrected chi connectivity index (χ1v) is 7.14. The van der Waals surface area contributed by atoms with Crippen molar-refractivity contribution in [3.05, 3.63) is 45.5 Å². The summed E-state index contributed by atoms with van der Waals surface area (Å²) < 4.78 is 5.33. The predicted octanol–water partition coefficient (Wildman–Crippen LogP) is 3.16. The van der Waals surface area contributed by atoms with E-state index in [-0.39, 0.29) is 5.56 Å². The maximum absolute atomic E-state index is 11.1. The summed E-state index contributed by atoms with van der Waals surface area (Å²) in [6.45, 7) is 3.65. The lowest BCUT2D eigenvalue weighted by atomic mass is 10.0. The molecule has 0 amide bonds. The summed E-state index contributed by atoms with van der Waals surface area (Å²) in [6.07, 6.45) is 2.48. The van der Waals surface area contributed by atoms with Gasteiger partial charge in [-0.1, -0.05) is 0 Å². The van der Waals surface area contributed by atoms with E-state index in [1.165, 1.54) is 22.8 Å². The van der Waals surface area contributed by atoms with Gasteiger partial charge in [0.15, 0.2) is 0 Å². The minimum atomic E-state index is -0.926. The van der Waals surface area contributed by atoms with E-state index < -0.39 is 5.97 Å². The molecule has 3 rings (SSSR count). The minimum absolute atomic E-state index is 0.267. The van der Waals surface area contributed by atoms with Crippen molar-refractivity contribution in [1.82, 2.24) is 4.90 Å². The molecule has 0 aromatic carbocycles. The molecule has 0 radical (unpaired) electrons. The van der Waals surface area contributed by atoms with Crippen LogP contribution in [0.4, 0.5) is 0 Å². The number of carboxylic acid groups (broad SMARTS) is 1. The molecular formula is C14H15NO3S. The third-order valence-electron chi connectivity index (χ3n) is 3.73. The molecule has 1 aliphatic heterocycles. The molecule has 0 aliphatic carbocycles. The van der Waals surface area contributed by atoms with E-state index in [4.69, 9.17) is 9.52 Å². The van der Waals surface area contributed by atoms with Crippen molar-refractivity contribution in [2.45, 2.75) is 25.9 Å². The quantitative estimate of drug-likeness (QED) is 0.936. The number of rotatable bonds is 3. The summed E-state index contributed by atoms with van der Waals surface area (Å²) in [5.41, 5.74) is 1.63. The molecule has 3 heterocycles. The van der Waals surface area contributed by atoms with Gasteiger partial charge in [0, 0.05) is 17.5 Å². The third kappa shape index (κ3) is 2.19. The number of fused-ring (bicyclic) bond motifs is 1. The SMILES string of the molecule is CC1c2ccsc2CCN1Cc1occc1C(=O)O. The standard InChI is InChI=1S/C14H15NO3S/c1-9-10-4-7-19-13(10)2-5-15(9)8-12-11(14(16)17)3-6-18-12/h3-4,6-7,9H,2,5,8H2,1H3,(H,16,17). The minimum Gasteiger partial charge on any atom is -0.478 e. The lowest BCUT2D eigenvalue weighted by molar-refractivity contribution is 0.0691. The molecule has 5 heteroatoms. The second kappa shape index (κ2) is 4.83. The zero-order valence-electron chi connectivity index (χ0n) is 10.6. The number of carboxylic acids is 1. The van der Waals surface area contributed by atoms with E-state index in [0.717, 1.165) is 13.0 Å². The van der Waals surface area contributed by atoms with Gasteiger partial charge in [-0.2, -0.15) is 0 Å². The Morgan fingerprint density at radius 1 is 1.58 bits per heavy atom. The largest absolute Gasteiger partial charge is 0.478 e. The van der Waals surface area contributed by atoms with Crippen molar-refractivity contribution in [2.75, 3.05) is 6.54 Å². The third-order valence-corrected chi connectivity index (χ3v) is 4.72. The van der Waals surface area contributed by atoms with E-state index in [1.807, 2.05) is 0 Å². The van der Waals surface area contributed by atoms with Gasteiger partial charge in [-0.15, -0.1) is 11.3 Å². The Kier molecular flexibility index (Phi) is 3.16. The van der Waals surface area contributed by atoms with Crippen LogP contribution in [0, 0.1) is 0 Å². The normalized spacial score (nSPS) is 19.3. The number of furan rings is 1. The molecule has 0 bridgehead atoms. The van der Waals surface area contributed by atoms with Gasteiger partial charge in [-0.3, -0.25) is 4.90 Å². The molecule has 0 saturated heterocycles. The first-order valence-electron chi connectivity index (χ1n) is 6.27. The highest BCUT2D eigenvalue weighted by Crippen LogP contribution is 2.34. The Bertz CT molecular complexity index is 601. The molecule has 1 atom stereocenters. The van der Waals surface area contributed by atoms with Crippen LogP contribution in [0.1, 0.15) is 39.5 Å². The van der Waals surface area contributed by atoms with E-state index >= 15 is 0 Å². The van der Waals surface area contributed by atoms with Gasteiger partial charge in [0.2, 0.25) is 0 Å². The lowest BCUT2D eigenvalue weighted by Gasteiger charge is -2.32. The lowest BCUT2D eigenvalue weighted by Crippen LogP contribution is -2.32. The number of carbonyl (C=O) groups is 1. The average molecular weight is 277 g/mol. The Morgan fingerprint density at radius 2 is 2.42 bits per heavy atom. The molecular weight excluding hydrogens is 262 g/mol. The van der Waals surface area contributed by atoms with Crippen LogP contribution in [0.15, 0.2) is 28.2 Å². The molecule has 0 fully saturated rings. The van der Waals surface area contributed by atoms with Crippen LogP contribution < -0.4 is 0 Å². The highest BCUT2D eigenvalue weighted by molar-refractivity contribution is 7.10. The van der Waals surface area contributed by atoms with Crippen molar-refractivity contribution in [3.63, 3.8) is 0 Å². The Morgan fingerprint density at radius 3 is 3.21 bits per heavy atom. The van der Waals surface area contributed by atoms with E-state index in [2.05, 4.69) is 23.3 Å². The highest BCUT2D eigenvalue weighted by atomic mass is 32.1. The van der Waals surface area contributed by atoms with E-state index in [9.17, 15) is 4.79 Å². The summed E-state index contributed by atoms with van der Waals surface area (Å²) in [4.78, 5) is 14.8. The fourth-order valence-electron chi connectivity index (χ4n) is 2.62. The molecule has 0 saturated carbocycles. The summed E-state index contributed by atoms with van der Waals surface area (Å²) in [5.74, 6) is -0.386. The monoisotopic (exact) mass is 277 g/mol. The molecule has 1 aliphatic rings. The summed E-state index contributed by atoms with van der Waals surface area (Å²) >= 11 is 1.80. The fraction of sp³-hybridized carbons (Fsp3) is 0.357. The molecule has 1 N–H and O–H groups in total. The molecule has 1 unspecified atom stereocenters. The zero-order chi connectivity index (χ0) is 13.4. The second-order valence-corrected chi connectivity index (χ2v) is 5.76. The van der Waals surface area contributed by atoms with Crippen molar-refractivity contribution < 1.29 is 14.3 Å². The van der Waals surface area contributed by atoms with Gasteiger partial charge in [0.1, 0.15) is 11.3 Å². The van der Waals surface area contributed by atoms with Crippen LogP contribution in [-0.2, 0) is 13.0 Å². The van der Waals surface area contributed by atoms with Crippen molar-refractivity contribution >= 4 is 17.3 Å². The number of hydrogen-bond donors (Lipinski definition) is 1. The van der Waals surface area contributed by atoms with Gasteiger partial charge in [0.05, 0.1) is 12.8 Å². The van der Waals surface area contributed by atoms with Crippen LogP contribution in [0.5, 0.6) is 0 Å². The van der Waals surface area contributed by atoms with Gasteiger partial charge in [0.25, 0.3) is 0 Å². The van der Waals surface area contributed by atoms with Gasteiger partial charge < -0.3 is 9.52 Å².